The van der Waals surface area contributed by atoms with Crippen LogP contribution >= 0.6 is 0 Å². The molecule has 5 heteroatoms. The van der Waals surface area contributed by atoms with Crippen molar-refractivity contribution in [1.82, 2.24) is 5.32 Å². The second kappa shape index (κ2) is 8.36. The summed E-state index contributed by atoms with van der Waals surface area (Å²) < 4.78 is 4.98. The molecule has 0 aliphatic carbocycles. The molecule has 2 N–H and O–H groups in total. The van der Waals surface area contributed by atoms with Crippen molar-refractivity contribution in [2.45, 2.75) is 0 Å². The number of rotatable bonds is 4. The van der Waals surface area contributed by atoms with E-state index in [9.17, 15) is 9.59 Å². The molecule has 3 aromatic rings. The zero-order valence-electron chi connectivity index (χ0n) is 13.9. The molecule has 0 saturated heterocycles. The number of furan rings is 1. The van der Waals surface area contributed by atoms with Crippen LogP contribution < -0.4 is 10.6 Å². The van der Waals surface area contributed by atoms with Crippen LogP contribution in [0.5, 0.6) is 0 Å². The summed E-state index contributed by atoms with van der Waals surface area (Å²) in [7, 11) is 0. The maximum Gasteiger partial charge on any atom is 0.287 e. The lowest BCUT2D eigenvalue weighted by atomic mass is 10.1. The van der Waals surface area contributed by atoms with Gasteiger partial charge in [0, 0.05) is 11.1 Å². The fraction of sp³-hybridized carbons (Fsp3) is 0.0476. The molecule has 128 valence electrons. The summed E-state index contributed by atoms with van der Waals surface area (Å²) in [6.07, 6.45) is 1.40. The van der Waals surface area contributed by atoms with E-state index in [1.54, 1.807) is 12.1 Å². The van der Waals surface area contributed by atoms with Crippen molar-refractivity contribution >= 4 is 17.5 Å². The third-order valence-electron chi connectivity index (χ3n) is 3.47. The number of amides is 2. The van der Waals surface area contributed by atoms with Gasteiger partial charge in [0.1, 0.15) is 0 Å². The summed E-state index contributed by atoms with van der Waals surface area (Å²) in [4.78, 5) is 23.9. The zero-order valence-corrected chi connectivity index (χ0v) is 13.9. The lowest BCUT2D eigenvalue weighted by Crippen LogP contribution is -2.32. The molecule has 2 amide bonds. The monoisotopic (exact) mass is 344 g/mol. The molecule has 5 nitrogen and oxygen atoms in total. The molecule has 3 rings (SSSR count). The summed E-state index contributed by atoms with van der Waals surface area (Å²) >= 11 is 0. The van der Waals surface area contributed by atoms with Gasteiger partial charge in [-0.2, -0.15) is 0 Å². The largest absolute Gasteiger partial charge is 0.459 e. The number of benzene rings is 2. The van der Waals surface area contributed by atoms with Gasteiger partial charge >= 0.3 is 0 Å². The molecule has 0 atom stereocenters. The van der Waals surface area contributed by atoms with E-state index in [2.05, 4.69) is 22.5 Å². The average Bonchev–Trinajstić information content (AvgIpc) is 3.21. The number of carbonyl (C=O) groups is 2. The van der Waals surface area contributed by atoms with Gasteiger partial charge in [-0.05, 0) is 36.4 Å². The van der Waals surface area contributed by atoms with Crippen LogP contribution in [-0.2, 0) is 4.79 Å². The van der Waals surface area contributed by atoms with E-state index in [1.807, 2.05) is 48.5 Å². The van der Waals surface area contributed by atoms with Gasteiger partial charge in [-0.25, -0.2) is 0 Å². The van der Waals surface area contributed by atoms with Crippen LogP contribution in [0.2, 0.25) is 0 Å². The lowest BCUT2D eigenvalue weighted by Gasteiger charge is -2.08. The van der Waals surface area contributed by atoms with Crippen molar-refractivity contribution in [1.29, 1.82) is 0 Å². The Kier molecular flexibility index (Phi) is 5.48. The Morgan fingerprint density at radius 2 is 1.65 bits per heavy atom. The molecule has 0 radical (unpaired) electrons. The van der Waals surface area contributed by atoms with Gasteiger partial charge in [-0.1, -0.05) is 42.2 Å². The van der Waals surface area contributed by atoms with Gasteiger partial charge in [0.25, 0.3) is 5.91 Å². The van der Waals surface area contributed by atoms with E-state index < -0.39 is 5.91 Å². The van der Waals surface area contributed by atoms with E-state index in [-0.39, 0.29) is 18.2 Å². The summed E-state index contributed by atoms with van der Waals surface area (Å²) in [6, 6.07) is 20.0. The van der Waals surface area contributed by atoms with Gasteiger partial charge in [-0.3, -0.25) is 9.59 Å². The number of carbonyl (C=O) groups excluding carboxylic acids is 2. The summed E-state index contributed by atoms with van der Waals surface area (Å²) in [5, 5.41) is 5.26. The fourth-order valence-corrected chi connectivity index (χ4v) is 2.21. The van der Waals surface area contributed by atoms with E-state index in [4.69, 9.17) is 4.42 Å². The Hall–Kier alpha value is -3.78. The van der Waals surface area contributed by atoms with Crippen LogP contribution in [0.1, 0.15) is 21.7 Å². The second-order valence-corrected chi connectivity index (χ2v) is 5.37. The van der Waals surface area contributed by atoms with E-state index in [1.165, 1.54) is 12.3 Å². The Morgan fingerprint density at radius 1 is 0.885 bits per heavy atom. The van der Waals surface area contributed by atoms with Gasteiger partial charge in [0.15, 0.2) is 5.76 Å². The number of hydrogen-bond acceptors (Lipinski definition) is 3. The smallest absolute Gasteiger partial charge is 0.287 e. The Morgan fingerprint density at radius 3 is 2.42 bits per heavy atom. The summed E-state index contributed by atoms with van der Waals surface area (Å²) in [5.74, 6) is 5.48. The number of para-hydroxylation sites is 1. The third-order valence-corrected chi connectivity index (χ3v) is 3.47. The van der Waals surface area contributed by atoms with E-state index >= 15 is 0 Å². The Bertz CT molecular complexity index is 952. The summed E-state index contributed by atoms with van der Waals surface area (Å²) in [5.41, 5.74) is 2.18. The van der Waals surface area contributed by atoms with Crippen LogP contribution in [0.4, 0.5) is 5.69 Å². The summed E-state index contributed by atoms with van der Waals surface area (Å²) in [6.45, 7) is -0.167. The minimum Gasteiger partial charge on any atom is -0.459 e. The molecule has 1 aromatic heterocycles. The first-order valence-electron chi connectivity index (χ1n) is 8.00. The SMILES string of the molecule is O=C(CNC(=O)c1ccco1)Nc1ccccc1C#Cc1ccccc1. The zero-order chi connectivity index (χ0) is 18.2. The van der Waals surface area contributed by atoms with Crippen molar-refractivity contribution in [3.8, 4) is 11.8 Å². The molecule has 1 heterocycles. The van der Waals surface area contributed by atoms with Crippen LogP contribution in [0, 0.1) is 11.8 Å². The van der Waals surface area contributed by atoms with Crippen molar-refractivity contribution in [2.75, 3.05) is 11.9 Å². The molecule has 0 saturated carbocycles. The molecule has 0 aliphatic rings. The van der Waals surface area contributed by atoms with Crippen LogP contribution in [0.3, 0.4) is 0 Å². The molecule has 0 bridgehead atoms. The fourth-order valence-electron chi connectivity index (χ4n) is 2.21. The van der Waals surface area contributed by atoms with Crippen molar-refractivity contribution in [2.24, 2.45) is 0 Å². The van der Waals surface area contributed by atoms with Crippen molar-refractivity contribution in [3.63, 3.8) is 0 Å². The first-order chi connectivity index (χ1) is 12.7. The van der Waals surface area contributed by atoms with Gasteiger partial charge < -0.3 is 15.1 Å². The van der Waals surface area contributed by atoms with E-state index in [0.717, 1.165) is 5.56 Å². The van der Waals surface area contributed by atoms with E-state index in [0.29, 0.717) is 11.3 Å². The topological polar surface area (TPSA) is 71.3 Å². The molecular formula is C21H16N2O3. The highest BCUT2D eigenvalue weighted by Gasteiger charge is 2.11. The molecule has 26 heavy (non-hydrogen) atoms. The highest BCUT2D eigenvalue weighted by molar-refractivity contribution is 5.98. The predicted octanol–water partition coefficient (Wildman–Crippen LogP) is 3.05. The third kappa shape index (κ3) is 4.62. The minimum atomic E-state index is -0.442. The highest BCUT2D eigenvalue weighted by Crippen LogP contribution is 2.13. The first kappa shape index (κ1) is 17.1. The Balaban J connectivity index is 1.64. The van der Waals surface area contributed by atoms with Gasteiger partial charge in [0.05, 0.1) is 18.5 Å². The molecule has 0 fully saturated rings. The minimum absolute atomic E-state index is 0.159. The molecule has 2 aromatic carbocycles. The molecular weight excluding hydrogens is 328 g/mol. The maximum absolute atomic E-state index is 12.1. The normalized spacial score (nSPS) is 9.69. The van der Waals surface area contributed by atoms with Gasteiger partial charge in [-0.15, -0.1) is 0 Å². The van der Waals surface area contributed by atoms with Crippen molar-refractivity contribution in [3.05, 3.63) is 89.9 Å². The quantitative estimate of drug-likeness (QED) is 0.715. The standard InChI is InChI=1S/C21H16N2O3/c24-20(15-22-21(25)19-11-6-14-26-19)23-18-10-5-4-9-17(18)13-12-16-7-2-1-3-8-16/h1-11,14H,15H2,(H,22,25)(H,23,24). The number of hydrogen-bond donors (Lipinski definition) is 2. The number of nitrogens with one attached hydrogen (secondary N) is 2. The lowest BCUT2D eigenvalue weighted by molar-refractivity contribution is -0.115. The maximum atomic E-state index is 12.1. The van der Waals surface area contributed by atoms with Crippen LogP contribution in [0.15, 0.2) is 77.4 Å². The van der Waals surface area contributed by atoms with Crippen LogP contribution in [-0.4, -0.2) is 18.4 Å². The number of anilines is 1. The molecule has 0 spiro atoms. The second-order valence-electron chi connectivity index (χ2n) is 5.37. The highest BCUT2D eigenvalue weighted by atomic mass is 16.3. The predicted molar refractivity (Wildman–Crippen MR) is 98.5 cm³/mol. The van der Waals surface area contributed by atoms with Gasteiger partial charge in [0.2, 0.25) is 5.91 Å². The van der Waals surface area contributed by atoms with Crippen LogP contribution in [0.25, 0.3) is 0 Å². The average molecular weight is 344 g/mol. The first-order valence-corrected chi connectivity index (χ1v) is 8.00. The van der Waals surface area contributed by atoms with Crippen molar-refractivity contribution < 1.29 is 14.0 Å². The Labute approximate surface area is 151 Å². The molecule has 0 unspecified atom stereocenters. The molecule has 0 aliphatic heterocycles.